The van der Waals surface area contributed by atoms with Crippen molar-refractivity contribution in [2.75, 3.05) is 5.73 Å². The number of imidazole rings is 1. The molecular weight excluding hydrogens is 268 g/mol. The van der Waals surface area contributed by atoms with Gasteiger partial charge in [-0.25, -0.2) is 15.0 Å². The Kier molecular flexibility index (Phi) is 2.97. The molecule has 0 amide bonds. The van der Waals surface area contributed by atoms with Crippen molar-refractivity contribution in [2.45, 2.75) is 24.5 Å². The molecule has 5 N–H and O–H groups in total. The molecule has 3 rings (SSSR count). The fraction of sp³-hybridized carbons (Fsp3) is 0.400. The molecule has 0 unspecified atom stereocenters. The molecule has 10 nitrogen and oxygen atoms in total. The third kappa shape index (κ3) is 1.78. The molecule has 2 aromatic rings. The minimum Gasteiger partial charge on any atom is -0.411 e. The van der Waals surface area contributed by atoms with E-state index >= 15 is 0 Å². The fourth-order valence-corrected chi connectivity index (χ4v) is 2.16. The molecule has 1 fully saturated rings. The minimum absolute atomic E-state index is 0.204. The molecule has 20 heavy (non-hydrogen) atoms. The van der Waals surface area contributed by atoms with Crippen LogP contribution in [0.4, 0.5) is 5.82 Å². The zero-order chi connectivity index (χ0) is 14.3. The molecule has 106 valence electrons. The van der Waals surface area contributed by atoms with Gasteiger partial charge in [0, 0.05) is 0 Å². The van der Waals surface area contributed by atoms with Gasteiger partial charge in [0.15, 0.2) is 17.7 Å². The van der Waals surface area contributed by atoms with Crippen LogP contribution in [0.15, 0.2) is 17.8 Å². The van der Waals surface area contributed by atoms with Crippen molar-refractivity contribution >= 4 is 23.2 Å². The van der Waals surface area contributed by atoms with Gasteiger partial charge in [-0.3, -0.25) is 4.57 Å². The fourth-order valence-electron chi connectivity index (χ4n) is 2.16. The number of aliphatic hydroxyl groups is 2. The molecule has 1 aliphatic heterocycles. The average molecular weight is 280 g/mol. The van der Waals surface area contributed by atoms with E-state index in [4.69, 9.17) is 15.7 Å². The van der Waals surface area contributed by atoms with Crippen molar-refractivity contribution in [3.63, 3.8) is 0 Å². The highest BCUT2D eigenvalue weighted by Crippen LogP contribution is 2.31. The lowest BCUT2D eigenvalue weighted by Crippen LogP contribution is -2.32. The molecule has 0 spiro atoms. The smallest absolute Gasteiger partial charge is 0.167 e. The van der Waals surface area contributed by atoms with E-state index in [9.17, 15) is 10.2 Å². The molecule has 1 aliphatic rings. The van der Waals surface area contributed by atoms with Gasteiger partial charge >= 0.3 is 0 Å². The molecule has 0 aliphatic carbocycles. The third-order valence-electron chi connectivity index (χ3n) is 3.15. The van der Waals surface area contributed by atoms with Crippen LogP contribution in [0.5, 0.6) is 0 Å². The second-order valence-electron chi connectivity index (χ2n) is 4.32. The van der Waals surface area contributed by atoms with Crippen LogP contribution in [0.2, 0.25) is 0 Å². The van der Waals surface area contributed by atoms with E-state index in [0.29, 0.717) is 11.2 Å². The van der Waals surface area contributed by atoms with Gasteiger partial charge < -0.3 is 25.9 Å². The van der Waals surface area contributed by atoms with E-state index in [1.165, 1.54) is 17.2 Å². The number of nitrogens with zero attached hydrogens (tertiary/aromatic N) is 5. The van der Waals surface area contributed by atoms with E-state index in [0.717, 1.165) is 6.21 Å². The first-order valence-corrected chi connectivity index (χ1v) is 5.75. The zero-order valence-electron chi connectivity index (χ0n) is 10.1. The maximum atomic E-state index is 10.0. The van der Waals surface area contributed by atoms with Crippen molar-refractivity contribution < 1.29 is 20.2 Å². The SMILES string of the molecule is Nc1ncnc2c1ncn2[C@@H]1O[C@@H](/C=N/O)[C@@H](O)[C@H]1O. The summed E-state index contributed by atoms with van der Waals surface area (Å²) in [6.45, 7) is 0. The molecule has 4 atom stereocenters. The predicted molar refractivity (Wildman–Crippen MR) is 65.9 cm³/mol. The number of oxime groups is 1. The lowest BCUT2D eigenvalue weighted by molar-refractivity contribution is -0.0214. The van der Waals surface area contributed by atoms with Crippen LogP contribution in [0.25, 0.3) is 11.2 Å². The van der Waals surface area contributed by atoms with E-state index in [1.54, 1.807) is 0 Å². The Labute approximate surface area is 112 Å². The van der Waals surface area contributed by atoms with Gasteiger partial charge in [-0.05, 0) is 0 Å². The monoisotopic (exact) mass is 280 g/mol. The number of hydrogen-bond donors (Lipinski definition) is 4. The topological polar surface area (TPSA) is 152 Å². The normalized spacial score (nSPS) is 30.5. The summed E-state index contributed by atoms with van der Waals surface area (Å²) in [7, 11) is 0. The van der Waals surface area contributed by atoms with Gasteiger partial charge in [-0.2, -0.15) is 0 Å². The summed E-state index contributed by atoms with van der Waals surface area (Å²) >= 11 is 0. The summed E-state index contributed by atoms with van der Waals surface area (Å²) in [5.74, 6) is 0.204. The number of nitrogens with two attached hydrogens (primary N) is 1. The predicted octanol–water partition coefficient (Wildman–Crippen LogP) is -1.51. The highest BCUT2D eigenvalue weighted by atomic mass is 16.6. The Bertz CT molecular complexity index is 658. The van der Waals surface area contributed by atoms with Gasteiger partial charge in [-0.15, -0.1) is 0 Å². The van der Waals surface area contributed by atoms with Gasteiger partial charge in [0.2, 0.25) is 0 Å². The Balaban J connectivity index is 2.02. The van der Waals surface area contributed by atoms with Crippen molar-refractivity contribution in [2.24, 2.45) is 5.16 Å². The first-order chi connectivity index (χ1) is 9.63. The van der Waals surface area contributed by atoms with Gasteiger partial charge in [0.25, 0.3) is 0 Å². The molecular formula is C10H12N6O4. The molecule has 0 saturated carbocycles. The molecule has 1 saturated heterocycles. The number of aromatic nitrogens is 4. The van der Waals surface area contributed by atoms with Gasteiger partial charge in [-0.1, -0.05) is 5.16 Å². The number of nitrogen functional groups attached to an aromatic ring is 1. The zero-order valence-corrected chi connectivity index (χ0v) is 10.1. The number of fused-ring (bicyclic) bond motifs is 1. The second kappa shape index (κ2) is 4.67. The van der Waals surface area contributed by atoms with Crippen molar-refractivity contribution in [1.29, 1.82) is 0 Å². The Hall–Kier alpha value is -2.30. The lowest BCUT2D eigenvalue weighted by Gasteiger charge is -2.16. The minimum atomic E-state index is -1.23. The molecule has 2 aromatic heterocycles. The highest BCUT2D eigenvalue weighted by molar-refractivity contribution is 5.81. The first-order valence-electron chi connectivity index (χ1n) is 5.75. The molecule has 0 bridgehead atoms. The van der Waals surface area contributed by atoms with Crippen LogP contribution in [-0.4, -0.2) is 59.5 Å². The third-order valence-corrected chi connectivity index (χ3v) is 3.15. The van der Waals surface area contributed by atoms with Gasteiger partial charge in [0.05, 0.1) is 12.5 Å². The Morgan fingerprint density at radius 3 is 2.85 bits per heavy atom. The summed E-state index contributed by atoms with van der Waals surface area (Å²) < 4.78 is 6.87. The Morgan fingerprint density at radius 1 is 1.30 bits per heavy atom. The van der Waals surface area contributed by atoms with E-state index in [-0.39, 0.29) is 5.82 Å². The first kappa shape index (κ1) is 12.7. The quantitative estimate of drug-likeness (QED) is 0.294. The number of ether oxygens (including phenoxy) is 1. The Morgan fingerprint density at radius 2 is 2.10 bits per heavy atom. The standard InChI is InChI=1S/C10H12N6O4/c11-8-5-9(13-2-12-8)16(3-14-5)10-7(18)6(17)4(20-10)1-15-19/h1-4,6-7,10,17-19H,(H2,11,12,13)/b15-1+/t4-,6+,7+,10+/m0/s1. The molecule has 10 heteroatoms. The van der Waals surface area contributed by atoms with Crippen LogP contribution in [0.3, 0.4) is 0 Å². The number of anilines is 1. The number of hydrogen-bond acceptors (Lipinski definition) is 9. The summed E-state index contributed by atoms with van der Waals surface area (Å²) in [5.41, 5.74) is 6.41. The molecule has 0 radical (unpaired) electrons. The maximum Gasteiger partial charge on any atom is 0.167 e. The van der Waals surface area contributed by atoms with Crippen LogP contribution in [0, 0.1) is 0 Å². The van der Waals surface area contributed by atoms with Gasteiger partial charge in [0.1, 0.15) is 30.2 Å². The second-order valence-corrected chi connectivity index (χ2v) is 4.32. The summed E-state index contributed by atoms with van der Waals surface area (Å²) in [6.07, 6.45) is -0.672. The highest BCUT2D eigenvalue weighted by Gasteiger charge is 2.43. The van der Waals surface area contributed by atoms with E-state index in [2.05, 4.69) is 20.1 Å². The van der Waals surface area contributed by atoms with Crippen LogP contribution < -0.4 is 5.73 Å². The van der Waals surface area contributed by atoms with Crippen LogP contribution >= 0.6 is 0 Å². The maximum absolute atomic E-state index is 10.0. The molecule has 3 heterocycles. The van der Waals surface area contributed by atoms with E-state index < -0.39 is 24.5 Å². The summed E-state index contributed by atoms with van der Waals surface area (Å²) in [5, 5.41) is 31.1. The lowest BCUT2D eigenvalue weighted by atomic mass is 10.1. The van der Waals surface area contributed by atoms with Crippen molar-refractivity contribution in [3.8, 4) is 0 Å². The number of rotatable bonds is 2. The van der Waals surface area contributed by atoms with E-state index in [1.807, 2.05) is 0 Å². The average Bonchev–Trinajstić information content (AvgIpc) is 2.97. The number of aliphatic hydroxyl groups excluding tert-OH is 2. The summed E-state index contributed by atoms with van der Waals surface area (Å²) in [6, 6.07) is 0. The summed E-state index contributed by atoms with van der Waals surface area (Å²) in [4.78, 5) is 11.9. The van der Waals surface area contributed by atoms with Crippen LogP contribution in [0.1, 0.15) is 6.23 Å². The van der Waals surface area contributed by atoms with Crippen LogP contribution in [-0.2, 0) is 4.74 Å². The van der Waals surface area contributed by atoms with Crippen molar-refractivity contribution in [3.05, 3.63) is 12.7 Å². The molecule has 0 aromatic carbocycles. The van der Waals surface area contributed by atoms with Crippen molar-refractivity contribution in [1.82, 2.24) is 19.5 Å². The largest absolute Gasteiger partial charge is 0.411 e.